The van der Waals surface area contributed by atoms with Crippen LogP contribution in [0.3, 0.4) is 0 Å². The fourth-order valence-corrected chi connectivity index (χ4v) is 2.61. The van der Waals surface area contributed by atoms with Gasteiger partial charge < -0.3 is 38.3 Å². The third-order valence-corrected chi connectivity index (χ3v) is 4.50. The number of carbonyl (C=O) groups excluding carboxylic acids is 3. The lowest BCUT2D eigenvalue weighted by atomic mass is 10.0. The molecule has 168 valence electrons. The smallest absolute Gasteiger partial charge is 0.322 e. The number of unbranched alkanes of at least 4 members (excludes halogenated alkanes) is 2. The van der Waals surface area contributed by atoms with Gasteiger partial charge in [0.25, 0.3) is 0 Å². The highest BCUT2D eigenvalue weighted by Gasteiger charge is 2.27. The van der Waals surface area contributed by atoms with Gasteiger partial charge in [-0.05, 0) is 51.6 Å². The molecule has 0 aromatic heterocycles. The van der Waals surface area contributed by atoms with Gasteiger partial charge in [-0.15, -0.1) is 0 Å². The molecule has 0 aliphatic heterocycles. The lowest BCUT2D eigenvalue weighted by molar-refractivity contribution is -0.138. The number of hydrogen-bond acceptors (Lipinski definition) is 8. The lowest BCUT2D eigenvalue weighted by Crippen LogP contribution is -2.56. The molecular formula is C17H34N6O5S. The van der Waals surface area contributed by atoms with E-state index in [9.17, 15) is 19.2 Å². The third kappa shape index (κ3) is 12.3. The Morgan fingerprint density at radius 3 is 1.76 bits per heavy atom. The van der Waals surface area contributed by atoms with Crippen molar-refractivity contribution in [3.05, 3.63) is 0 Å². The van der Waals surface area contributed by atoms with Gasteiger partial charge in [0.1, 0.15) is 18.6 Å². The molecule has 29 heavy (non-hydrogen) atoms. The van der Waals surface area contributed by atoms with Crippen molar-refractivity contribution in [3.8, 4) is 0 Å². The molecule has 0 saturated carbocycles. The second-order valence-corrected chi connectivity index (χ2v) is 6.96. The minimum Gasteiger partial charge on any atom is -0.480 e. The molecule has 12 heteroatoms. The number of carboxylic acid groups (broad SMARTS) is 1. The number of carbonyl (C=O) groups is 4. The van der Waals surface area contributed by atoms with Crippen LogP contribution in [-0.4, -0.2) is 72.3 Å². The number of aliphatic carboxylic acids is 1. The summed E-state index contributed by atoms with van der Waals surface area (Å²) in [5.74, 6) is -2.77. The fourth-order valence-electron chi connectivity index (χ4n) is 2.44. The molecular weight excluding hydrogens is 400 g/mol. The van der Waals surface area contributed by atoms with E-state index in [1.165, 1.54) is 0 Å². The SMILES string of the molecule is NCCCCC(NC(=O)C(N)CS)C(=O)NC(CCCCN)C(=O)NCC(=O)O. The van der Waals surface area contributed by atoms with E-state index in [0.717, 1.165) is 0 Å². The quantitative estimate of drug-likeness (QED) is 0.0975. The topological polar surface area (TPSA) is 203 Å². The largest absolute Gasteiger partial charge is 0.480 e. The second kappa shape index (κ2) is 16.0. The molecule has 11 nitrogen and oxygen atoms in total. The van der Waals surface area contributed by atoms with Crippen molar-refractivity contribution in [2.24, 2.45) is 17.2 Å². The van der Waals surface area contributed by atoms with E-state index in [1.807, 2.05) is 0 Å². The minimum atomic E-state index is -1.20. The van der Waals surface area contributed by atoms with E-state index in [4.69, 9.17) is 22.3 Å². The monoisotopic (exact) mass is 434 g/mol. The fraction of sp³-hybridized carbons (Fsp3) is 0.765. The molecule has 0 heterocycles. The highest BCUT2D eigenvalue weighted by atomic mass is 32.1. The average Bonchev–Trinajstić information content (AvgIpc) is 2.69. The summed E-state index contributed by atoms with van der Waals surface area (Å²) in [6.45, 7) is 0.310. The Morgan fingerprint density at radius 2 is 1.31 bits per heavy atom. The van der Waals surface area contributed by atoms with Crippen LogP contribution in [0.2, 0.25) is 0 Å². The zero-order chi connectivity index (χ0) is 22.2. The van der Waals surface area contributed by atoms with E-state index in [1.54, 1.807) is 0 Å². The Bertz CT molecular complexity index is 536. The Labute approximate surface area is 176 Å². The van der Waals surface area contributed by atoms with E-state index in [-0.39, 0.29) is 12.2 Å². The van der Waals surface area contributed by atoms with Gasteiger partial charge >= 0.3 is 5.97 Å². The predicted octanol–water partition coefficient (Wildman–Crippen LogP) is -2.33. The first-order chi connectivity index (χ1) is 13.8. The maximum Gasteiger partial charge on any atom is 0.322 e. The number of nitrogens with two attached hydrogens (primary N) is 3. The van der Waals surface area contributed by atoms with Crippen molar-refractivity contribution in [3.63, 3.8) is 0 Å². The predicted molar refractivity (Wildman–Crippen MR) is 112 cm³/mol. The first kappa shape index (κ1) is 27.1. The molecule has 0 aliphatic carbocycles. The average molecular weight is 435 g/mol. The van der Waals surface area contributed by atoms with Crippen LogP contribution >= 0.6 is 12.6 Å². The van der Waals surface area contributed by atoms with E-state index < -0.39 is 48.4 Å². The molecule has 0 saturated heterocycles. The number of rotatable bonds is 16. The van der Waals surface area contributed by atoms with Crippen LogP contribution in [0.15, 0.2) is 0 Å². The Balaban J connectivity index is 5.14. The van der Waals surface area contributed by atoms with Gasteiger partial charge in [0, 0.05) is 5.75 Å². The van der Waals surface area contributed by atoms with Gasteiger partial charge in [-0.25, -0.2) is 0 Å². The summed E-state index contributed by atoms with van der Waals surface area (Å²) in [5, 5.41) is 16.2. The summed E-state index contributed by atoms with van der Waals surface area (Å²) in [6, 6.07) is -2.72. The molecule has 0 aromatic rings. The molecule has 0 rings (SSSR count). The van der Waals surface area contributed by atoms with Gasteiger partial charge in [0.15, 0.2) is 0 Å². The van der Waals surface area contributed by atoms with Crippen LogP contribution in [0.5, 0.6) is 0 Å². The van der Waals surface area contributed by atoms with Crippen LogP contribution < -0.4 is 33.2 Å². The van der Waals surface area contributed by atoms with Crippen molar-refractivity contribution >= 4 is 36.3 Å². The zero-order valence-corrected chi connectivity index (χ0v) is 17.5. The summed E-state index contributed by atoms with van der Waals surface area (Å²) in [7, 11) is 0. The van der Waals surface area contributed by atoms with Gasteiger partial charge in [0.05, 0.1) is 6.04 Å². The van der Waals surface area contributed by atoms with Crippen LogP contribution in [0.4, 0.5) is 0 Å². The van der Waals surface area contributed by atoms with E-state index in [0.29, 0.717) is 45.2 Å². The summed E-state index contributed by atoms with van der Waals surface area (Å²) < 4.78 is 0. The van der Waals surface area contributed by atoms with E-state index in [2.05, 4.69) is 28.6 Å². The Kier molecular flexibility index (Phi) is 14.9. The molecule has 0 radical (unpaired) electrons. The van der Waals surface area contributed by atoms with Crippen LogP contribution in [0, 0.1) is 0 Å². The Hall–Kier alpha value is -1.89. The molecule has 0 aromatic carbocycles. The Morgan fingerprint density at radius 1 is 0.828 bits per heavy atom. The normalized spacial score (nSPS) is 13.8. The van der Waals surface area contributed by atoms with Gasteiger partial charge in [-0.1, -0.05) is 0 Å². The van der Waals surface area contributed by atoms with Gasteiger partial charge in [-0.3, -0.25) is 19.2 Å². The summed E-state index contributed by atoms with van der Waals surface area (Å²) in [4.78, 5) is 47.8. The highest BCUT2D eigenvalue weighted by Crippen LogP contribution is 2.06. The van der Waals surface area contributed by atoms with Gasteiger partial charge in [0.2, 0.25) is 17.7 Å². The molecule has 0 spiro atoms. The number of nitrogens with one attached hydrogen (secondary N) is 3. The number of amides is 3. The second-order valence-electron chi connectivity index (χ2n) is 6.59. The number of carboxylic acids is 1. The summed E-state index contributed by atoms with van der Waals surface area (Å²) in [6.07, 6.45) is 3.07. The molecule has 3 amide bonds. The first-order valence-corrected chi connectivity index (χ1v) is 10.3. The van der Waals surface area contributed by atoms with Crippen LogP contribution in [0.25, 0.3) is 0 Å². The molecule has 0 bridgehead atoms. The number of hydrogen-bond donors (Lipinski definition) is 8. The first-order valence-electron chi connectivity index (χ1n) is 9.63. The minimum absolute atomic E-state index is 0.113. The van der Waals surface area contributed by atoms with Crippen LogP contribution in [0.1, 0.15) is 38.5 Å². The molecule has 10 N–H and O–H groups in total. The van der Waals surface area contributed by atoms with Crippen molar-refractivity contribution in [1.82, 2.24) is 16.0 Å². The van der Waals surface area contributed by atoms with Crippen molar-refractivity contribution in [2.45, 2.75) is 56.7 Å². The zero-order valence-electron chi connectivity index (χ0n) is 16.6. The molecule has 3 unspecified atom stereocenters. The molecule has 0 aliphatic rings. The van der Waals surface area contributed by atoms with Crippen molar-refractivity contribution < 1.29 is 24.3 Å². The van der Waals surface area contributed by atoms with E-state index >= 15 is 0 Å². The third-order valence-electron chi connectivity index (χ3n) is 4.11. The maximum atomic E-state index is 12.7. The molecule has 0 fully saturated rings. The lowest BCUT2D eigenvalue weighted by Gasteiger charge is -2.24. The maximum absolute atomic E-state index is 12.7. The van der Waals surface area contributed by atoms with Crippen molar-refractivity contribution in [1.29, 1.82) is 0 Å². The summed E-state index contributed by atoms with van der Waals surface area (Å²) in [5.41, 5.74) is 16.6. The van der Waals surface area contributed by atoms with Crippen LogP contribution in [-0.2, 0) is 19.2 Å². The summed E-state index contributed by atoms with van der Waals surface area (Å²) >= 11 is 3.97. The van der Waals surface area contributed by atoms with Crippen molar-refractivity contribution in [2.75, 3.05) is 25.4 Å². The molecule has 3 atom stereocenters. The standard InChI is InChI=1S/C17H34N6O5S/c18-7-3-1-5-12(16(27)21-9-14(24)25)23-17(28)13(6-2-4-8-19)22-15(26)11(20)10-29/h11-13,29H,1-10,18-20H2,(H,21,27)(H,22,26)(H,23,28)(H,24,25). The van der Waals surface area contributed by atoms with Gasteiger partial charge in [-0.2, -0.15) is 12.6 Å². The number of thiol groups is 1. The highest BCUT2D eigenvalue weighted by molar-refractivity contribution is 7.80.